The van der Waals surface area contributed by atoms with Gasteiger partial charge in [-0.1, -0.05) is 0 Å². The number of carbonyl (C=O) groups is 1. The van der Waals surface area contributed by atoms with Crippen LogP contribution < -0.4 is 4.74 Å². The molecule has 0 unspecified atom stereocenters. The first kappa shape index (κ1) is 13.1. The first-order valence-electron chi connectivity index (χ1n) is 5.77. The molecule has 0 bridgehead atoms. The van der Waals surface area contributed by atoms with E-state index in [1.54, 1.807) is 6.20 Å². The Hall–Kier alpha value is -2.37. The van der Waals surface area contributed by atoms with Crippen LogP contribution in [0.15, 0.2) is 30.6 Å². The van der Waals surface area contributed by atoms with Crippen LogP contribution in [0, 0.1) is 5.82 Å². The minimum atomic E-state index is -1.19. The number of benzene rings is 1. The van der Waals surface area contributed by atoms with Gasteiger partial charge in [-0.3, -0.25) is 0 Å². The van der Waals surface area contributed by atoms with Crippen molar-refractivity contribution in [1.29, 1.82) is 0 Å². The lowest BCUT2D eigenvalue weighted by atomic mass is 10.2. The molecule has 0 saturated heterocycles. The summed E-state index contributed by atoms with van der Waals surface area (Å²) < 4.78 is 20.5. The number of carboxylic acid groups (broad SMARTS) is 1. The molecule has 0 aliphatic heterocycles. The largest absolute Gasteiger partial charge is 0.486 e. The third-order valence-corrected chi connectivity index (χ3v) is 2.63. The first-order valence-corrected chi connectivity index (χ1v) is 5.77. The molecule has 2 aromatic rings. The Morgan fingerprint density at radius 3 is 2.95 bits per heavy atom. The molecule has 1 heterocycles. The van der Waals surface area contributed by atoms with Gasteiger partial charge >= 0.3 is 5.97 Å². The van der Waals surface area contributed by atoms with Crippen LogP contribution in [0.2, 0.25) is 0 Å². The zero-order valence-corrected chi connectivity index (χ0v) is 10.3. The van der Waals surface area contributed by atoms with Crippen LogP contribution in [0.3, 0.4) is 0 Å². The molecule has 0 atom stereocenters. The highest BCUT2D eigenvalue weighted by atomic mass is 19.1. The van der Waals surface area contributed by atoms with Gasteiger partial charge in [0, 0.05) is 25.0 Å². The highest BCUT2D eigenvalue weighted by Crippen LogP contribution is 2.17. The smallest absolute Gasteiger partial charge is 0.335 e. The molecular formula is C13H13FN2O3. The van der Waals surface area contributed by atoms with Crippen molar-refractivity contribution in [3.63, 3.8) is 0 Å². The van der Waals surface area contributed by atoms with Crippen LogP contribution in [0.1, 0.15) is 23.1 Å². The molecule has 1 aromatic heterocycles. The monoisotopic (exact) mass is 264 g/mol. The van der Waals surface area contributed by atoms with Crippen molar-refractivity contribution in [3.05, 3.63) is 47.8 Å². The molecule has 0 aliphatic rings. The van der Waals surface area contributed by atoms with Gasteiger partial charge in [0.1, 0.15) is 24.0 Å². The van der Waals surface area contributed by atoms with E-state index in [-0.39, 0.29) is 17.9 Å². The number of ether oxygens (including phenoxy) is 1. The molecule has 5 nitrogen and oxygen atoms in total. The zero-order chi connectivity index (χ0) is 13.8. The van der Waals surface area contributed by atoms with Crippen LogP contribution in [-0.2, 0) is 13.2 Å². The van der Waals surface area contributed by atoms with Crippen molar-refractivity contribution in [1.82, 2.24) is 9.55 Å². The summed E-state index contributed by atoms with van der Waals surface area (Å²) in [5, 5.41) is 8.83. The summed E-state index contributed by atoms with van der Waals surface area (Å²) in [6.07, 6.45) is 3.46. The third kappa shape index (κ3) is 3.09. The fourth-order valence-electron chi connectivity index (χ4n) is 1.69. The van der Waals surface area contributed by atoms with Gasteiger partial charge in [0.15, 0.2) is 0 Å². The van der Waals surface area contributed by atoms with E-state index in [0.29, 0.717) is 5.82 Å². The average molecular weight is 264 g/mol. The maximum atomic E-state index is 13.2. The van der Waals surface area contributed by atoms with Crippen molar-refractivity contribution in [3.8, 4) is 5.75 Å². The minimum absolute atomic E-state index is 0.145. The van der Waals surface area contributed by atoms with Crippen molar-refractivity contribution in [2.75, 3.05) is 0 Å². The van der Waals surface area contributed by atoms with Crippen LogP contribution in [0.5, 0.6) is 5.75 Å². The Bertz CT molecular complexity index is 595. The Morgan fingerprint density at radius 1 is 1.47 bits per heavy atom. The molecule has 1 aromatic carbocycles. The molecule has 0 aliphatic carbocycles. The maximum Gasteiger partial charge on any atom is 0.335 e. The Morgan fingerprint density at radius 2 is 2.26 bits per heavy atom. The Kier molecular flexibility index (Phi) is 3.79. The molecule has 19 heavy (non-hydrogen) atoms. The van der Waals surface area contributed by atoms with Crippen LogP contribution >= 0.6 is 0 Å². The fraction of sp³-hybridized carbons (Fsp3) is 0.231. The van der Waals surface area contributed by atoms with Crippen molar-refractivity contribution in [2.45, 2.75) is 20.1 Å². The minimum Gasteiger partial charge on any atom is -0.486 e. The lowest BCUT2D eigenvalue weighted by Gasteiger charge is -2.08. The lowest BCUT2D eigenvalue weighted by Crippen LogP contribution is -2.06. The second kappa shape index (κ2) is 5.51. The number of aromatic carboxylic acids is 1. The van der Waals surface area contributed by atoms with E-state index in [4.69, 9.17) is 9.84 Å². The number of halogens is 1. The SMILES string of the molecule is CCn1ccnc1COc1cc(F)cc(C(=O)O)c1. The topological polar surface area (TPSA) is 64.4 Å². The number of imidazole rings is 1. The highest BCUT2D eigenvalue weighted by molar-refractivity contribution is 5.88. The van der Waals surface area contributed by atoms with E-state index in [0.717, 1.165) is 18.7 Å². The van der Waals surface area contributed by atoms with E-state index >= 15 is 0 Å². The van der Waals surface area contributed by atoms with E-state index in [1.807, 2.05) is 17.7 Å². The summed E-state index contributed by atoms with van der Waals surface area (Å²) in [5.41, 5.74) is -0.145. The Balaban J connectivity index is 2.13. The molecule has 0 saturated carbocycles. The number of hydrogen-bond acceptors (Lipinski definition) is 3. The molecule has 6 heteroatoms. The summed E-state index contributed by atoms with van der Waals surface area (Å²) in [6, 6.07) is 3.37. The summed E-state index contributed by atoms with van der Waals surface area (Å²) in [7, 11) is 0. The van der Waals surface area contributed by atoms with Gasteiger partial charge in [-0.05, 0) is 19.1 Å². The third-order valence-electron chi connectivity index (χ3n) is 2.63. The zero-order valence-electron chi connectivity index (χ0n) is 10.3. The van der Waals surface area contributed by atoms with Gasteiger partial charge in [-0.15, -0.1) is 0 Å². The first-order chi connectivity index (χ1) is 9.10. The second-order valence-corrected chi connectivity index (χ2v) is 3.90. The van der Waals surface area contributed by atoms with Crippen molar-refractivity contribution < 1.29 is 19.0 Å². The molecule has 1 N–H and O–H groups in total. The second-order valence-electron chi connectivity index (χ2n) is 3.90. The number of rotatable bonds is 5. The van der Waals surface area contributed by atoms with E-state index in [1.165, 1.54) is 6.07 Å². The molecule has 0 radical (unpaired) electrons. The normalized spacial score (nSPS) is 10.4. The number of aromatic nitrogens is 2. The summed E-state index contributed by atoms with van der Waals surface area (Å²) in [4.78, 5) is 14.9. The van der Waals surface area contributed by atoms with Crippen molar-refractivity contribution >= 4 is 5.97 Å². The summed E-state index contributed by atoms with van der Waals surface area (Å²) >= 11 is 0. The molecule has 0 fully saturated rings. The van der Waals surface area contributed by atoms with Crippen LogP contribution in [0.4, 0.5) is 4.39 Å². The molecular weight excluding hydrogens is 251 g/mol. The lowest BCUT2D eigenvalue weighted by molar-refractivity contribution is 0.0695. The van der Waals surface area contributed by atoms with Gasteiger partial charge in [-0.2, -0.15) is 0 Å². The summed E-state index contributed by atoms with van der Waals surface area (Å²) in [6.45, 7) is 2.88. The van der Waals surface area contributed by atoms with E-state index < -0.39 is 11.8 Å². The van der Waals surface area contributed by atoms with E-state index in [2.05, 4.69) is 4.98 Å². The number of aryl methyl sites for hydroxylation is 1. The molecule has 0 amide bonds. The molecule has 0 spiro atoms. The fourth-order valence-corrected chi connectivity index (χ4v) is 1.69. The number of carboxylic acids is 1. The van der Waals surface area contributed by atoms with Gasteiger partial charge in [-0.25, -0.2) is 14.2 Å². The quantitative estimate of drug-likeness (QED) is 0.900. The van der Waals surface area contributed by atoms with Crippen LogP contribution in [-0.4, -0.2) is 20.6 Å². The van der Waals surface area contributed by atoms with Gasteiger partial charge in [0.05, 0.1) is 5.56 Å². The van der Waals surface area contributed by atoms with Crippen molar-refractivity contribution in [2.24, 2.45) is 0 Å². The predicted molar refractivity (Wildman–Crippen MR) is 65.6 cm³/mol. The standard InChI is InChI=1S/C13H13FN2O3/c1-2-16-4-3-15-12(16)8-19-11-6-9(13(17)18)5-10(14)7-11/h3-7H,2,8H2,1H3,(H,17,18). The maximum absolute atomic E-state index is 13.2. The van der Waals surface area contributed by atoms with Gasteiger partial charge in [0.2, 0.25) is 0 Å². The Labute approximate surface area is 109 Å². The number of hydrogen-bond donors (Lipinski definition) is 1. The predicted octanol–water partition coefficient (Wildman–Crippen LogP) is 2.32. The molecule has 2 rings (SSSR count). The highest BCUT2D eigenvalue weighted by Gasteiger charge is 2.09. The van der Waals surface area contributed by atoms with Crippen LogP contribution in [0.25, 0.3) is 0 Å². The number of nitrogens with zero attached hydrogens (tertiary/aromatic N) is 2. The van der Waals surface area contributed by atoms with E-state index in [9.17, 15) is 9.18 Å². The average Bonchev–Trinajstić information content (AvgIpc) is 2.83. The van der Waals surface area contributed by atoms with Gasteiger partial charge in [0.25, 0.3) is 0 Å². The summed E-state index contributed by atoms with van der Waals surface area (Å²) in [5.74, 6) is -0.972. The molecule has 100 valence electrons. The van der Waals surface area contributed by atoms with Gasteiger partial charge < -0.3 is 14.4 Å².